The monoisotopic (exact) mass is 450 g/mol. The van der Waals surface area contributed by atoms with Gasteiger partial charge in [0.2, 0.25) is 0 Å². The summed E-state index contributed by atoms with van der Waals surface area (Å²) in [7, 11) is 0. The number of rotatable bonds is 4. The van der Waals surface area contributed by atoms with Crippen LogP contribution in [0.2, 0.25) is 0 Å². The van der Waals surface area contributed by atoms with Gasteiger partial charge in [-0.1, -0.05) is 36.5 Å². The van der Waals surface area contributed by atoms with Crippen molar-refractivity contribution in [2.75, 3.05) is 13.1 Å². The maximum Gasteiger partial charge on any atom is 0.123 e. The average Bonchev–Trinajstić information content (AvgIpc) is 3.64. The normalized spacial score (nSPS) is 26.1. The predicted molar refractivity (Wildman–Crippen MR) is 135 cm³/mol. The van der Waals surface area contributed by atoms with E-state index >= 15 is 0 Å². The Bertz CT molecular complexity index is 1200. The van der Waals surface area contributed by atoms with Gasteiger partial charge in [-0.2, -0.15) is 0 Å². The van der Waals surface area contributed by atoms with Gasteiger partial charge in [-0.05, 0) is 85.1 Å². The highest BCUT2D eigenvalue weighted by atomic mass is 15.0. The summed E-state index contributed by atoms with van der Waals surface area (Å²) >= 11 is 0. The Labute approximate surface area is 199 Å². The van der Waals surface area contributed by atoms with Crippen LogP contribution in [0.3, 0.4) is 0 Å². The van der Waals surface area contributed by atoms with E-state index in [-0.39, 0.29) is 0 Å². The highest BCUT2D eigenvalue weighted by Crippen LogP contribution is 2.45. The molecular formula is C28H30N6. The minimum Gasteiger partial charge on any atom is -0.341 e. The van der Waals surface area contributed by atoms with Crippen LogP contribution in [0.25, 0.3) is 11.1 Å². The molecule has 0 spiro atoms. The van der Waals surface area contributed by atoms with Crippen molar-refractivity contribution in [2.45, 2.75) is 50.6 Å². The maximum absolute atomic E-state index is 4.66. The van der Waals surface area contributed by atoms with E-state index < -0.39 is 0 Å². The first-order valence-electron chi connectivity index (χ1n) is 12.6. The minimum atomic E-state index is 0.369. The quantitative estimate of drug-likeness (QED) is 0.530. The van der Waals surface area contributed by atoms with E-state index in [0.717, 1.165) is 61.8 Å². The molecule has 172 valence electrons. The van der Waals surface area contributed by atoms with Gasteiger partial charge in [0.1, 0.15) is 11.6 Å². The van der Waals surface area contributed by atoms with Gasteiger partial charge in [-0.3, -0.25) is 0 Å². The summed E-state index contributed by atoms with van der Waals surface area (Å²) in [5, 5.41) is 7.06. The first-order valence-corrected chi connectivity index (χ1v) is 12.6. The molecule has 4 heterocycles. The Kier molecular flexibility index (Phi) is 4.88. The molecule has 6 heteroatoms. The van der Waals surface area contributed by atoms with E-state index in [0.29, 0.717) is 12.1 Å². The molecule has 34 heavy (non-hydrogen) atoms. The van der Waals surface area contributed by atoms with E-state index in [1.807, 2.05) is 12.4 Å². The SMILES string of the molecule is C1=CC2=C(CC=C1c1cnc(C3CCCN3)[nH]1)C1=C2CC=C(c2cnc(C3CCCN3)[nH]2)C=C1. The van der Waals surface area contributed by atoms with Crippen LogP contribution in [-0.2, 0) is 0 Å². The van der Waals surface area contributed by atoms with Crippen molar-refractivity contribution in [1.29, 1.82) is 0 Å². The van der Waals surface area contributed by atoms with Gasteiger partial charge in [-0.15, -0.1) is 0 Å². The molecule has 6 nitrogen and oxygen atoms in total. The summed E-state index contributed by atoms with van der Waals surface area (Å²) in [5.74, 6) is 2.13. The first kappa shape index (κ1) is 20.2. The van der Waals surface area contributed by atoms with E-state index in [4.69, 9.17) is 0 Å². The van der Waals surface area contributed by atoms with Gasteiger partial charge >= 0.3 is 0 Å². The Balaban J connectivity index is 1.06. The summed E-state index contributed by atoms with van der Waals surface area (Å²) in [4.78, 5) is 16.4. The first-order chi connectivity index (χ1) is 16.8. The molecule has 0 amide bonds. The second-order valence-corrected chi connectivity index (χ2v) is 9.84. The number of nitrogens with one attached hydrogen (secondary N) is 4. The van der Waals surface area contributed by atoms with Crippen LogP contribution >= 0.6 is 0 Å². The molecule has 0 saturated carbocycles. The topological polar surface area (TPSA) is 81.4 Å². The van der Waals surface area contributed by atoms with Gasteiger partial charge in [0.05, 0.1) is 35.9 Å². The van der Waals surface area contributed by atoms with Crippen LogP contribution in [-0.4, -0.2) is 33.0 Å². The average molecular weight is 451 g/mol. The number of hydrogen-bond acceptors (Lipinski definition) is 4. The molecule has 2 aromatic heterocycles. The third kappa shape index (κ3) is 3.40. The van der Waals surface area contributed by atoms with Crippen LogP contribution in [0, 0.1) is 0 Å². The molecular weight excluding hydrogens is 420 g/mol. The zero-order valence-electron chi connectivity index (χ0n) is 19.3. The molecule has 7 rings (SSSR count). The molecule has 2 aromatic rings. The zero-order valence-corrected chi connectivity index (χ0v) is 19.3. The number of fused-ring (bicyclic) bond motifs is 2. The number of aromatic nitrogens is 4. The van der Waals surface area contributed by atoms with Crippen molar-refractivity contribution >= 4 is 11.1 Å². The number of aromatic amines is 2. The molecule has 2 saturated heterocycles. The van der Waals surface area contributed by atoms with E-state index in [9.17, 15) is 0 Å². The third-order valence-corrected chi connectivity index (χ3v) is 7.81. The summed E-state index contributed by atoms with van der Waals surface area (Å²) in [6, 6.07) is 0.738. The van der Waals surface area contributed by atoms with Gasteiger partial charge < -0.3 is 20.6 Å². The second kappa shape index (κ2) is 8.22. The highest BCUT2D eigenvalue weighted by Gasteiger charge is 2.28. The molecule has 0 bridgehead atoms. The Morgan fingerprint density at radius 3 is 1.59 bits per heavy atom. The maximum atomic E-state index is 4.66. The number of hydrogen-bond donors (Lipinski definition) is 4. The van der Waals surface area contributed by atoms with Crippen LogP contribution in [0.15, 0.2) is 71.1 Å². The molecule has 0 radical (unpaired) electrons. The lowest BCUT2D eigenvalue weighted by Crippen LogP contribution is -2.14. The predicted octanol–water partition coefficient (Wildman–Crippen LogP) is 4.98. The molecule has 2 unspecified atom stereocenters. The summed E-state index contributed by atoms with van der Waals surface area (Å²) in [6.07, 6.45) is 24.4. The van der Waals surface area contributed by atoms with E-state index in [1.54, 1.807) is 0 Å². The Morgan fingerprint density at radius 2 is 1.15 bits per heavy atom. The van der Waals surface area contributed by atoms with E-state index in [1.165, 1.54) is 46.3 Å². The van der Waals surface area contributed by atoms with Crippen LogP contribution in [0.4, 0.5) is 0 Å². The number of allylic oxidation sites excluding steroid dienone is 12. The minimum absolute atomic E-state index is 0.369. The van der Waals surface area contributed by atoms with Crippen molar-refractivity contribution in [1.82, 2.24) is 30.6 Å². The van der Waals surface area contributed by atoms with Crippen molar-refractivity contribution in [2.24, 2.45) is 0 Å². The van der Waals surface area contributed by atoms with Gasteiger partial charge in [0, 0.05) is 0 Å². The van der Waals surface area contributed by atoms with E-state index in [2.05, 4.69) is 67.0 Å². The molecule has 4 N–H and O–H groups in total. The molecule has 2 atom stereocenters. The van der Waals surface area contributed by atoms with Crippen LogP contribution in [0.5, 0.6) is 0 Å². The van der Waals surface area contributed by atoms with Gasteiger partial charge in [-0.25, -0.2) is 9.97 Å². The molecule has 5 aliphatic rings. The molecule has 3 aliphatic carbocycles. The second-order valence-electron chi connectivity index (χ2n) is 9.84. The molecule has 2 aliphatic heterocycles. The lowest BCUT2D eigenvalue weighted by molar-refractivity contribution is 0.612. The lowest BCUT2D eigenvalue weighted by atomic mass is 9.78. The fourth-order valence-electron chi connectivity index (χ4n) is 5.90. The van der Waals surface area contributed by atoms with Crippen molar-refractivity contribution in [3.8, 4) is 0 Å². The van der Waals surface area contributed by atoms with Crippen molar-refractivity contribution < 1.29 is 0 Å². The standard InChI is InChI=1S/C28H30N6/c1-3-23(29-13-1)27-31-15-25(33-27)17-5-9-19-20(10-6-17)22-12-8-18(7-11-21(19)22)26-16-32-28(34-26)24-4-2-14-30-24/h5-9,12,15-16,23-24,29-30H,1-4,10-11,13-14H2,(H,31,33)(H,32,34). The summed E-state index contributed by atoms with van der Waals surface area (Å²) < 4.78 is 0. The van der Waals surface area contributed by atoms with Gasteiger partial charge in [0.25, 0.3) is 0 Å². The Morgan fingerprint density at radius 1 is 0.647 bits per heavy atom. The molecule has 2 fully saturated rings. The molecule has 0 aromatic carbocycles. The Hall–Kier alpha value is -3.22. The largest absolute Gasteiger partial charge is 0.341 e. The van der Waals surface area contributed by atoms with Crippen LogP contribution < -0.4 is 10.6 Å². The third-order valence-electron chi connectivity index (χ3n) is 7.81. The van der Waals surface area contributed by atoms with Gasteiger partial charge in [0.15, 0.2) is 0 Å². The van der Waals surface area contributed by atoms with Crippen LogP contribution in [0.1, 0.15) is 73.6 Å². The fraction of sp³-hybridized carbons (Fsp3) is 0.357. The number of H-pyrrole nitrogens is 2. The number of nitrogens with zero attached hydrogens (tertiary/aromatic N) is 2. The van der Waals surface area contributed by atoms with Crippen molar-refractivity contribution in [3.05, 3.63) is 94.2 Å². The fourth-order valence-corrected chi connectivity index (χ4v) is 5.90. The summed E-state index contributed by atoms with van der Waals surface area (Å²) in [6.45, 7) is 2.17. The summed E-state index contributed by atoms with van der Waals surface area (Å²) in [5.41, 5.74) is 10.4. The smallest absolute Gasteiger partial charge is 0.123 e. The highest BCUT2D eigenvalue weighted by molar-refractivity contribution is 5.82. The zero-order chi connectivity index (χ0) is 22.5. The van der Waals surface area contributed by atoms with Crippen molar-refractivity contribution in [3.63, 3.8) is 0 Å². The lowest BCUT2D eigenvalue weighted by Gasteiger charge is -2.26. The number of imidazole rings is 2.